The second-order valence-electron chi connectivity index (χ2n) is 8.20. The van der Waals surface area contributed by atoms with Gasteiger partial charge in [-0.2, -0.15) is 0 Å². The summed E-state index contributed by atoms with van der Waals surface area (Å²) in [5.74, 6) is 0.259. The Bertz CT molecular complexity index is 902. The Morgan fingerprint density at radius 2 is 1.80 bits per heavy atom. The van der Waals surface area contributed by atoms with Crippen LogP contribution in [-0.4, -0.2) is 22.0 Å². The number of H-pyrrole nitrogens is 1. The van der Waals surface area contributed by atoms with Gasteiger partial charge in [-0.1, -0.05) is 76.5 Å². The maximum absolute atomic E-state index is 12.2. The largest absolute Gasteiger partial charge is 0.438 e. The number of hydrogen-bond acceptors (Lipinski definition) is 5. The number of ether oxygens (including phenoxy) is 1. The number of aromatic amines is 1. The van der Waals surface area contributed by atoms with E-state index in [0.717, 1.165) is 15.6 Å². The van der Waals surface area contributed by atoms with Crippen molar-refractivity contribution in [1.29, 1.82) is 0 Å². The van der Waals surface area contributed by atoms with Gasteiger partial charge in [0.1, 0.15) is 10.9 Å². The standard InChI is InChI=1S/C21H27Cl2N3O3S/c1-7-15(29-20(28)26-19(27)21(4,5)6)17-24-16(11(2)3)18(25-17)30-14-9-12(22)8-13(23)10-14/h8-11,15H,7H2,1-6H3,(H,24,25)(H,26,27,28). The zero-order chi connectivity index (χ0) is 22.6. The van der Waals surface area contributed by atoms with Gasteiger partial charge in [-0.05, 0) is 30.5 Å². The summed E-state index contributed by atoms with van der Waals surface area (Å²) in [7, 11) is 0. The lowest BCUT2D eigenvalue weighted by Crippen LogP contribution is -2.39. The average Bonchev–Trinajstić information content (AvgIpc) is 3.01. The Hall–Kier alpha value is -1.70. The number of hydrogen-bond donors (Lipinski definition) is 2. The third kappa shape index (κ3) is 6.65. The molecule has 30 heavy (non-hydrogen) atoms. The molecule has 0 fully saturated rings. The molecule has 164 valence electrons. The van der Waals surface area contributed by atoms with E-state index in [0.29, 0.717) is 22.3 Å². The second-order valence-corrected chi connectivity index (χ2v) is 10.2. The van der Waals surface area contributed by atoms with Crippen LogP contribution in [-0.2, 0) is 9.53 Å². The lowest BCUT2D eigenvalue weighted by atomic mass is 9.96. The van der Waals surface area contributed by atoms with Crippen molar-refractivity contribution in [2.24, 2.45) is 5.41 Å². The van der Waals surface area contributed by atoms with Gasteiger partial charge in [0.25, 0.3) is 0 Å². The molecule has 1 unspecified atom stereocenters. The van der Waals surface area contributed by atoms with E-state index in [-0.39, 0.29) is 5.92 Å². The first-order valence-electron chi connectivity index (χ1n) is 9.66. The van der Waals surface area contributed by atoms with Gasteiger partial charge >= 0.3 is 6.09 Å². The van der Waals surface area contributed by atoms with E-state index >= 15 is 0 Å². The number of nitrogens with zero attached hydrogens (tertiary/aromatic N) is 1. The van der Waals surface area contributed by atoms with Gasteiger partial charge in [0.15, 0.2) is 6.10 Å². The van der Waals surface area contributed by atoms with Crippen LogP contribution < -0.4 is 5.32 Å². The molecule has 1 aromatic carbocycles. The monoisotopic (exact) mass is 471 g/mol. The van der Waals surface area contributed by atoms with E-state index in [4.69, 9.17) is 27.9 Å². The number of imidazole rings is 1. The van der Waals surface area contributed by atoms with E-state index < -0.39 is 23.5 Å². The number of aromatic nitrogens is 2. The van der Waals surface area contributed by atoms with Crippen molar-refractivity contribution in [1.82, 2.24) is 15.3 Å². The normalized spacial score (nSPS) is 12.7. The van der Waals surface area contributed by atoms with Gasteiger partial charge < -0.3 is 9.72 Å². The number of halogens is 2. The van der Waals surface area contributed by atoms with Crippen LogP contribution in [0.3, 0.4) is 0 Å². The molecule has 9 heteroatoms. The third-order valence-corrected chi connectivity index (χ3v) is 5.56. The van der Waals surface area contributed by atoms with Crippen molar-refractivity contribution in [3.8, 4) is 0 Å². The Labute approximate surface area is 191 Å². The van der Waals surface area contributed by atoms with Crippen LogP contribution in [0, 0.1) is 5.41 Å². The Kier molecular flexibility index (Phi) is 8.25. The molecule has 0 saturated heterocycles. The maximum Gasteiger partial charge on any atom is 0.414 e. The van der Waals surface area contributed by atoms with Crippen molar-refractivity contribution in [3.63, 3.8) is 0 Å². The SMILES string of the molecule is CCC(OC(=O)NC(=O)C(C)(C)C)c1nc(C(C)C)c(Sc2cc(Cl)cc(Cl)c2)[nH]1. The van der Waals surface area contributed by atoms with E-state index in [2.05, 4.69) is 15.3 Å². The number of amides is 2. The molecule has 2 amide bonds. The number of carbonyl (C=O) groups excluding carboxylic acids is 2. The first kappa shape index (κ1) is 24.6. The van der Waals surface area contributed by atoms with Crippen LogP contribution in [0.1, 0.15) is 71.5 Å². The van der Waals surface area contributed by atoms with Crippen LogP contribution in [0.25, 0.3) is 0 Å². The number of alkyl carbamates (subject to hydrolysis) is 1. The van der Waals surface area contributed by atoms with Crippen molar-refractivity contribution in [3.05, 3.63) is 39.8 Å². The van der Waals surface area contributed by atoms with Crippen LogP contribution in [0.4, 0.5) is 4.79 Å². The van der Waals surface area contributed by atoms with Gasteiger partial charge in [0, 0.05) is 20.4 Å². The number of rotatable bonds is 6. The van der Waals surface area contributed by atoms with Crippen LogP contribution in [0.15, 0.2) is 28.1 Å². The van der Waals surface area contributed by atoms with E-state index in [1.807, 2.05) is 32.9 Å². The van der Waals surface area contributed by atoms with Gasteiger partial charge in [-0.3, -0.25) is 10.1 Å². The van der Waals surface area contributed by atoms with Crippen molar-refractivity contribution in [2.75, 3.05) is 0 Å². The molecule has 0 radical (unpaired) electrons. The molecule has 0 aliphatic rings. The molecule has 0 aliphatic carbocycles. The van der Waals surface area contributed by atoms with Crippen molar-refractivity contribution >= 4 is 47.0 Å². The van der Waals surface area contributed by atoms with E-state index in [1.165, 1.54) is 11.8 Å². The highest BCUT2D eigenvalue weighted by atomic mass is 35.5. The molecule has 0 spiro atoms. The van der Waals surface area contributed by atoms with Crippen molar-refractivity contribution < 1.29 is 14.3 Å². The molecular formula is C21H27Cl2N3O3S. The smallest absolute Gasteiger partial charge is 0.414 e. The highest BCUT2D eigenvalue weighted by Crippen LogP contribution is 2.36. The molecule has 0 bridgehead atoms. The van der Waals surface area contributed by atoms with Crippen LogP contribution >= 0.6 is 35.0 Å². The van der Waals surface area contributed by atoms with Crippen molar-refractivity contribution in [2.45, 2.75) is 69.9 Å². The lowest BCUT2D eigenvalue weighted by molar-refractivity contribution is -0.127. The minimum atomic E-state index is -0.792. The summed E-state index contributed by atoms with van der Waals surface area (Å²) in [6, 6.07) is 5.32. The number of imide groups is 1. The fourth-order valence-electron chi connectivity index (χ4n) is 2.49. The minimum absolute atomic E-state index is 0.140. The number of carbonyl (C=O) groups is 2. The second kappa shape index (κ2) is 10.1. The predicted molar refractivity (Wildman–Crippen MR) is 120 cm³/mol. The average molecular weight is 472 g/mol. The van der Waals surface area contributed by atoms with Gasteiger partial charge in [0.2, 0.25) is 5.91 Å². The number of benzene rings is 1. The molecule has 1 atom stereocenters. The summed E-state index contributed by atoms with van der Waals surface area (Å²) >= 11 is 13.7. The van der Waals surface area contributed by atoms with Gasteiger partial charge in [-0.15, -0.1) is 0 Å². The lowest BCUT2D eigenvalue weighted by Gasteiger charge is -2.19. The summed E-state index contributed by atoms with van der Waals surface area (Å²) in [4.78, 5) is 33.0. The van der Waals surface area contributed by atoms with Crippen LogP contribution in [0.2, 0.25) is 10.0 Å². The highest BCUT2D eigenvalue weighted by molar-refractivity contribution is 7.99. The molecule has 2 aromatic rings. The first-order valence-corrected chi connectivity index (χ1v) is 11.2. The van der Waals surface area contributed by atoms with E-state index in [1.54, 1.807) is 26.8 Å². The Balaban J connectivity index is 2.24. The quantitative estimate of drug-likeness (QED) is 0.486. The summed E-state index contributed by atoms with van der Waals surface area (Å²) in [6.45, 7) is 11.1. The fraction of sp³-hybridized carbons (Fsp3) is 0.476. The molecule has 6 nitrogen and oxygen atoms in total. The molecule has 2 rings (SSSR count). The topological polar surface area (TPSA) is 84.1 Å². The molecule has 0 saturated carbocycles. The molecule has 2 N–H and O–H groups in total. The summed E-state index contributed by atoms with van der Waals surface area (Å²) in [5, 5.41) is 4.19. The molecule has 1 heterocycles. The summed E-state index contributed by atoms with van der Waals surface area (Å²) in [5.41, 5.74) is 0.150. The van der Waals surface area contributed by atoms with E-state index in [9.17, 15) is 9.59 Å². The predicted octanol–water partition coefficient (Wildman–Crippen LogP) is 6.74. The summed E-state index contributed by atoms with van der Waals surface area (Å²) < 4.78 is 5.47. The summed E-state index contributed by atoms with van der Waals surface area (Å²) in [6.07, 6.45) is -0.914. The minimum Gasteiger partial charge on any atom is -0.438 e. The highest BCUT2D eigenvalue weighted by Gasteiger charge is 2.27. The zero-order valence-corrected chi connectivity index (χ0v) is 20.3. The first-order chi connectivity index (χ1) is 13.9. The zero-order valence-electron chi connectivity index (χ0n) is 17.9. The Morgan fingerprint density at radius 3 is 2.30 bits per heavy atom. The molecular weight excluding hydrogens is 445 g/mol. The maximum atomic E-state index is 12.2. The van der Waals surface area contributed by atoms with Gasteiger partial charge in [0.05, 0.1) is 5.69 Å². The Morgan fingerprint density at radius 1 is 1.20 bits per heavy atom. The third-order valence-electron chi connectivity index (χ3n) is 4.14. The fourth-order valence-corrected chi connectivity index (χ4v) is 4.29. The molecule has 0 aliphatic heterocycles. The van der Waals surface area contributed by atoms with Gasteiger partial charge in [-0.25, -0.2) is 9.78 Å². The molecule has 1 aromatic heterocycles. The number of nitrogens with one attached hydrogen (secondary N) is 2. The van der Waals surface area contributed by atoms with Crippen LogP contribution in [0.5, 0.6) is 0 Å².